The van der Waals surface area contributed by atoms with Crippen molar-refractivity contribution in [3.63, 3.8) is 0 Å². The molecule has 0 unspecified atom stereocenters. The maximum atomic E-state index is 12.6. The fraction of sp³-hybridized carbons (Fsp3) is 0.429. The van der Waals surface area contributed by atoms with Crippen LogP contribution in [-0.4, -0.2) is 50.9 Å². The van der Waals surface area contributed by atoms with Crippen LogP contribution in [0.15, 0.2) is 12.3 Å². The highest BCUT2D eigenvalue weighted by Gasteiger charge is 2.22. The molecule has 110 valence electrons. The van der Waals surface area contributed by atoms with Crippen molar-refractivity contribution in [1.82, 2.24) is 24.8 Å². The van der Waals surface area contributed by atoms with Crippen LogP contribution in [0.2, 0.25) is 0 Å². The molecule has 7 heteroatoms. The summed E-state index contributed by atoms with van der Waals surface area (Å²) in [7, 11) is 0. The third kappa shape index (κ3) is 2.46. The number of fused-ring (bicyclic) bond motifs is 1. The molecule has 3 heterocycles. The van der Waals surface area contributed by atoms with E-state index in [9.17, 15) is 9.59 Å². The molecule has 2 aromatic heterocycles. The van der Waals surface area contributed by atoms with Crippen LogP contribution in [0.1, 0.15) is 28.2 Å². The number of hydrogen-bond acceptors (Lipinski definition) is 4. The first kappa shape index (κ1) is 13.5. The lowest BCUT2D eigenvalue weighted by atomic mass is 10.2. The third-order valence-corrected chi connectivity index (χ3v) is 3.68. The second kappa shape index (κ2) is 5.16. The van der Waals surface area contributed by atoms with E-state index in [1.165, 1.54) is 0 Å². The first-order chi connectivity index (χ1) is 10.1. The van der Waals surface area contributed by atoms with Gasteiger partial charge in [-0.15, -0.1) is 0 Å². The molecule has 0 aromatic carbocycles. The van der Waals surface area contributed by atoms with E-state index in [0.717, 1.165) is 17.0 Å². The zero-order chi connectivity index (χ0) is 15.0. The minimum Gasteiger partial charge on any atom is -0.354 e. The lowest BCUT2D eigenvalue weighted by Crippen LogP contribution is -2.35. The van der Waals surface area contributed by atoms with Gasteiger partial charge in [-0.1, -0.05) is 0 Å². The van der Waals surface area contributed by atoms with E-state index in [-0.39, 0.29) is 11.8 Å². The lowest BCUT2D eigenvalue weighted by Gasteiger charge is -2.20. The number of nitrogens with zero attached hydrogens (tertiary/aromatic N) is 4. The van der Waals surface area contributed by atoms with Crippen LogP contribution < -0.4 is 5.32 Å². The number of aromatic nitrogens is 3. The van der Waals surface area contributed by atoms with Crippen LogP contribution in [0.25, 0.3) is 5.65 Å². The fourth-order valence-electron chi connectivity index (χ4n) is 2.51. The van der Waals surface area contributed by atoms with Gasteiger partial charge in [0.2, 0.25) is 5.91 Å². The fourth-order valence-corrected chi connectivity index (χ4v) is 2.51. The number of rotatable bonds is 1. The molecule has 0 bridgehead atoms. The van der Waals surface area contributed by atoms with Gasteiger partial charge in [0, 0.05) is 38.3 Å². The Hall–Kier alpha value is -2.44. The predicted octanol–water partition coefficient (Wildman–Crippen LogP) is 0.308. The SMILES string of the molecule is Cc1cc2ncc(C(=O)N3CCNC(=O)CC3)c(C)n2n1. The van der Waals surface area contributed by atoms with Crippen molar-refractivity contribution in [3.05, 3.63) is 29.2 Å². The molecule has 1 aliphatic rings. The quantitative estimate of drug-likeness (QED) is 0.818. The molecule has 2 aromatic rings. The Morgan fingerprint density at radius 2 is 2.14 bits per heavy atom. The molecule has 1 N–H and O–H groups in total. The summed E-state index contributed by atoms with van der Waals surface area (Å²) < 4.78 is 1.68. The summed E-state index contributed by atoms with van der Waals surface area (Å²) in [5.41, 5.74) is 2.88. The smallest absolute Gasteiger partial charge is 0.257 e. The Balaban J connectivity index is 1.93. The second-order valence-corrected chi connectivity index (χ2v) is 5.21. The number of amides is 2. The van der Waals surface area contributed by atoms with E-state index < -0.39 is 0 Å². The number of carbonyl (C=O) groups excluding carboxylic acids is 2. The normalized spacial score (nSPS) is 15.9. The van der Waals surface area contributed by atoms with Crippen LogP contribution in [0.4, 0.5) is 0 Å². The van der Waals surface area contributed by atoms with Crippen molar-refractivity contribution >= 4 is 17.5 Å². The van der Waals surface area contributed by atoms with Gasteiger partial charge in [0.1, 0.15) is 0 Å². The van der Waals surface area contributed by atoms with Crippen molar-refractivity contribution in [1.29, 1.82) is 0 Å². The van der Waals surface area contributed by atoms with Crippen LogP contribution in [0.3, 0.4) is 0 Å². The van der Waals surface area contributed by atoms with Crippen molar-refractivity contribution in [2.75, 3.05) is 19.6 Å². The number of carbonyl (C=O) groups is 2. The first-order valence-electron chi connectivity index (χ1n) is 6.94. The molecule has 0 atom stereocenters. The highest BCUT2D eigenvalue weighted by molar-refractivity contribution is 5.95. The van der Waals surface area contributed by atoms with Crippen LogP contribution in [0, 0.1) is 13.8 Å². The van der Waals surface area contributed by atoms with Crippen LogP contribution in [-0.2, 0) is 4.79 Å². The number of aryl methyl sites for hydroxylation is 2. The van der Waals surface area contributed by atoms with E-state index in [2.05, 4.69) is 15.4 Å². The number of hydrogen-bond donors (Lipinski definition) is 1. The molecule has 0 spiro atoms. The first-order valence-corrected chi connectivity index (χ1v) is 6.94. The molecule has 1 aliphatic heterocycles. The minimum atomic E-state index is -0.105. The van der Waals surface area contributed by atoms with Gasteiger partial charge < -0.3 is 10.2 Å². The molecular formula is C14H17N5O2. The van der Waals surface area contributed by atoms with Gasteiger partial charge in [-0.05, 0) is 13.8 Å². The van der Waals surface area contributed by atoms with E-state index in [4.69, 9.17) is 0 Å². The minimum absolute atomic E-state index is 0.0155. The molecule has 1 saturated heterocycles. The van der Waals surface area contributed by atoms with Crippen LogP contribution in [0.5, 0.6) is 0 Å². The van der Waals surface area contributed by atoms with Gasteiger partial charge in [-0.25, -0.2) is 9.50 Å². The molecule has 1 fully saturated rings. The van der Waals surface area contributed by atoms with E-state index in [1.807, 2.05) is 19.9 Å². The van der Waals surface area contributed by atoms with Gasteiger partial charge >= 0.3 is 0 Å². The second-order valence-electron chi connectivity index (χ2n) is 5.21. The Morgan fingerprint density at radius 3 is 2.95 bits per heavy atom. The standard InChI is InChI=1S/C14H17N5O2/c1-9-7-12-16-8-11(10(2)19(12)17-9)14(21)18-5-3-13(20)15-4-6-18/h7-8H,3-6H2,1-2H3,(H,15,20). The molecule has 0 radical (unpaired) electrons. The number of nitrogens with one attached hydrogen (secondary N) is 1. The van der Waals surface area contributed by atoms with E-state index in [1.54, 1.807) is 15.6 Å². The van der Waals surface area contributed by atoms with Crippen molar-refractivity contribution in [2.45, 2.75) is 20.3 Å². The highest BCUT2D eigenvalue weighted by atomic mass is 16.2. The topological polar surface area (TPSA) is 79.6 Å². The summed E-state index contributed by atoms with van der Waals surface area (Å²) in [4.78, 5) is 30.0. The molecule has 21 heavy (non-hydrogen) atoms. The molecule has 3 rings (SSSR count). The van der Waals surface area contributed by atoms with Gasteiger partial charge in [0.15, 0.2) is 5.65 Å². The predicted molar refractivity (Wildman–Crippen MR) is 76.0 cm³/mol. The Kier molecular flexibility index (Phi) is 3.32. The van der Waals surface area contributed by atoms with Crippen molar-refractivity contribution in [3.8, 4) is 0 Å². The average Bonchev–Trinajstić information content (AvgIpc) is 2.70. The third-order valence-electron chi connectivity index (χ3n) is 3.68. The van der Waals surface area contributed by atoms with Crippen LogP contribution >= 0.6 is 0 Å². The molecular weight excluding hydrogens is 270 g/mol. The largest absolute Gasteiger partial charge is 0.354 e. The maximum absolute atomic E-state index is 12.6. The summed E-state index contributed by atoms with van der Waals surface area (Å²) in [6.45, 7) is 5.18. The Bertz CT molecular complexity index is 721. The molecule has 2 amide bonds. The summed E-state index contributed by atoms with van der Waals surface area (Å²) in [6, 6.07) is 1.87. The highest BCUT2D eigenvalue weighted by Crippen LogP contribution is 2.14. The summed E-state index contributed by atoms with van der Waals surface area (Å²) >= 11 is 0. The van der Waals surface area contributed by atoms with Crippen molar-refractivity contribution in [2.24, 2.45) is 0 Å². The Morgan fingerprint density at radius 1 is 1.33 bits per heavy atom. The van der Waals surface area contributed by atoms with E-state index in [0.29, 0.717) is 31.6 Å². The Labute approximate surface area is 122 Å². The van der Waals surface area contributed by atoms with Gasteiger partial charge in [0.25, 0.3) is 5.91 Å². The lowest BCUT2D eigenvalue weighted by molar-refractivity contribution is -0.120. The van der Waals surface area contributed by atoms with Gasteiger partial charge in [-0.2, -0.15) is 5.10 Å². The molecule has 0 saturated carbocycles. The zero-order valence-electron chi connectivity index (χ0n) is 12.1. The van der Waals surface area contributed by atoms with E-state index >= 15 is 0 Å². The maximum Gasteiger partial charge on any atom is 0.257 e. The van der Waals surface area contributed by atoms with Gasteiger partial charge in [-0.3, -0.25) is 9.59 Å². The summed E-state index contributed by atoms with van der Waals surface area (Å²) in [5.74, 6) is -0.121. The summed E-state index contributed by atoms with van der Waals surface area (Å²) in [6.07, 6.45) is 1.93. The molecule has 7 nitrogen and oxygen atoms in total. The zero-order valence-corrected chi connectivity index (χ0v) is 12.1. The molecule has 0 aliphatic carbocycles. The summed E-state index contributed by atoms with van der Waals surface area (Å²) in [5, 5.41) is 7.11. The van der Waals surface area contributed by atoms with Crippen molar-refractivity contribution < 1.29 is 9.59 Å². The monoisotopic (exact) mass is 287 g/mol. The average molecular weight is 287 g/mol. The van der Waals surface area contributed by atoms with Gasteiger partial charge in [0.05, 0.1) is 17.0 Å².